The monoisotopic (exact) mass is 462 g/mol. The van der Waals surface area contributed by atoms with Gasteiger partial charge in [-0.2, -0.15) is 0 Å². The normalized spacial score (nSPS) is 18.2. The van der Waals surface area contributed by atoms with Gasteiger partial charge in [0, 0.05) is 12.7 Å². The van der Waals surface area contributed by atoms with Crippen molar-refractivity contribution in [1.29, 1.82) is 0 Å². The summed E-state index contributed by atoms with van der Waals surface area (Å²) < 4.78 is 6.46. The molecule has 1 aromatic carbocycles. The largest absolute Gasteiger partial charge is 0.481 e. The van der Waals surface area contributed by atoms with Crippen LogP contribution in [0.4, 0.5) is 10.9 Å². The molecule has 0 radical (unpaired) electrons. The molecule has 8 nitrogen and oxygen atoms in total. The van der Waals surface area contributed by atoms with Crippen LogP contribution in [0, 0.1) is 0 Å². The standard InChI is InChI=1S/C24H26N6O2S/c1-32-23-16(5-4-10-26-23)19-13-25-14-22(28-19)27-12-15-8-9-18-21(11-15)33-24(30-18)29-17-6-2-3-7-20(17)31/h4-5,8-11,13-14,17,20,31H,2-3,6-7,12H2,1H3,(H,27,28)(H,29,30)/t17?,20-/m1/s1. The van der Waals surface area contributed by atoms with Crippen molar-refractivity contribution in [3.63, 3.8) is 0 Å². The molecule has 1 fully saturated rings. The first-order valence-corrected chi connectivity index (χ1v) is 11.9. The predicted molar refractivity (Wildman–Crippen MR) is 131 cm³/mol. The number of aromatic nitrogens is 4. The van der Waals surface area contributed by atoms with E-state index in [1.165, 1.54) is 0 Å². The highest BCUT2D eigenvalue weighted by atomic mass is 32.1. The lowest BCUT2D eigenvalue weighted by Gasteiger charge is -2.27. The Labute approximate surface area is 196 Å². The van der Waals surface area contributed by atoms with Gasteiger partial charge < -0.3 is 20.5 Å². The van der Waals surface area contributed by atoms with Crippen molar-refractivity contribution in [1.82, 2.24) is 19.9 Å². The Hall–Kier alpha value is -3.30. The summed E-state index contributed by atoms with van der Waals surface area (Å²) in [7, 11) is 1.59. The van der Waals surface area contributed by atoms with E-state index in [9.17, 15) is 5.11 Å². The number of pyridine rings is 1. The highest BCUT2D eigenvalue weighted by Crippen LogP contribution is 2.30. The molecule has 170 valence electrons. The lowest BCUT2D eigenvalue weighted by molar-refractivity contribution is 0.116. The van der Waals surface area contributed by atoms with Gasteiger partial charge in [-0.1, -0.05) is 30.2 Å². The summed E-state index contributed by atoms with van der Waals surface area (Å²) in [6.45, 7) is 0.611. The second-order valence-electron chi connectivity index (χ2n) is 8.13. The van der Waals surface area contributed by atoms with Gasteiger partial charge in [-0.15, -0.1) is 0 Å². The summed E-state index contributed by atoms with van der Waals surface area (Å²) >= 11 is 1.62. The number of methoxy groups -OCH3 is 1. The van der Waals surface area contributed by atoms with Crippen LogP contribution in [0.15, 0.2) is 48.9 Å². The molecule has 3 N–H and O–H groups in total. The van der Waals surface area contributed by atoms with Crippen LogP contribution in [0.5, 0.6) is 5.88 Å². The number of aliphatic hydroxyl groups excluding tert-OH is 1. The number of aliphatic hydroxyl groups is 1. The molecule has 0 amide bonds. The molecular weight excluding hydrogens is 436 g/mol. The molecule has 33 heavy (non-hydrogen) atoms. The third-order valence-electron chi connectivity index (χ3n) is 5.84. The highest BCUT2D eigenvalue weighted by molar-refractivity contribution is 7.22. The fourth-order valence-corrected chi connectivity index (χ4v) is 5.09. The molecule has 0 bridgehead atoms. The van der Waals surface area contributed by atoms with Gasteiger partial charge >= 0.3 is 0 Å². The molecule has 3 heterocycles. The van der Waals surface area contributed by atoms with Gasteiger partial charge in [0.15, 0.2) is 5.13 Å². The van der Waals surface area contributed by atoms with Gasteiger partial charge in [-0.05, 0) is 42.7 Å². The van der Waals surface area contributed by atoms with E-state index in [1.807, 2.05) is 18.2 Å². The maximum atomic E-state index is 10.2. The lowest BCUT2D eigenvalue weighted by Crippen LogP contribution is -2.36. The second-order valence-corrected chi connectivity index (χ2v) is 9.16. The van der Waals surface area contributed by atoms with E-state index in [2.05, 4.69) is 37.7 Å². The molecule has 1 aliphatic rings. The van der Waals surface area contributed by atoms with Gasteiger partial charge in [0.2, 0.25) is 5.88 Å². The van der Waals surface area contributed by atoms with Gasteiger partial charge in [-0.25, -0.2) is 15.0 Å². The average molecular weight is 463 g/mol. The maximum absolute atomic E-state index is 10.2. The second kappa shape index (κ2) is 9.68. The summed E-state index contributed by atoms with van der Waals surface area (Å²) in [6, 6.07) is 10.1. The van der Waals surface area contributed by atoms with E-state index in [0.717, 1.165) is 52.2 Å². The third kappa shape index (κ3) is 4.89. The SMILES string of the molecule is COc1ncccc1-c1cncc(NCc2ccc3nc(NC4CCCC[C@H]4O)sc3c2)n1. The molecule has 0 aliphatic heterocycles. The smallest absolute Gasteiger partial charge is 0.222 e. The quantitative estimate of drug-likeness (QED) is 0.369. The van der Waals surface area contributed by atoms with Crippen LogP contribution in [-0.2, 0) is 6.54 Å². The molecule has 2 atom stereocenters. The minimum atomic E-state index is -0.297. The van der Waals surface area contributed by atoms with E-state index in [4.69, 9.17) is 9.72 Å². The van der Waals surface area contributed by atoms with E-state index in [-0.39, 0.29) is 12.1 Å². The number of fused-ring (bicyclic) bond motifs is 1. The molecule has 1 saturated carbocycles. The van der Waals surface area contributed by atoms with E-state index < -0.39 is 0 Å². The number of rotatable bonds is 7. The van der Waals surface area contributed by atoms with Crippen LogP contribution in [0.3, 0.4) is 0 Å². The Kier molecular flexibility index (Phi) is 6.32. The number of ether oxygens (including phenoxy) is 1. The first-order chi connectivity index (χ1) is 16.2. The minimum Gasteiger partial charge on any atom is -0.481 e. The average Bonchev–Trinajstić information content (AvgIpc) is 3.26. The first-order valence-electron chi connectivity index (χ1n) is 11.1. The van der Waals surface area contributed by atoms with Crippen molar-refractivity contribution < 1.29 is 9.84 Å². The third-order valence-corrected chi connectivity index (χ3v) is 6.79. The Morgan fingerprint density at radius 2 is 2.06 bits per heavy atom. The number of thiazole rings is 1. The van der Waals surface area contributed by atoms with Crippen molar-refractivity contribution in [2.24, 2.45) is 0 Å². The number of hydrogen-bond donors (Lipinski definition) is 3. The molecule has 4 aromatic rings. The van der Waals surface area contributed by atoms with Crippen LogP contribution in [-0.4, -0.2) is 44.3 Å². The van der Waals surface area contributed by atoms with Crippen molar-refractivity contribution in [3.05, 3.63) is 54.5 Å². The molecule has 1 aliphatic carbocycles. The van der Waals surface area contributed by atoms with Crippen LogP contribution < -0.4 is 15.4 Å². The molecule has 5 rings (SSSR count). The van der Waals surface area contributed by atoms with E-state index in [0.29, 0.717) is 23.9 Å². The maximum Gasteiger partial charge on any atom is 0.222 e. The summed E-state index contributed by atoms with van der Waals surface area (Å²) in [5, 5.41) is 17.9. The van der Waals surface area contributed by atoms with E-state index >= 15 is 0 Å². The van der Waals surface area contributed by atoms with E-state index in [1.54, 1.807) is 37.0 Å². The van der Waals surface area contributed by atoms with Gasteiger partial charge in [0.1, 0.15) is 5.82 Å². The molecule has 0 spiro atoms. The molecule has 9 heteroatoms. The number of nitrogens with one attached hydrogen (secondary N) is 2. The molecule has 1 unspecified atom stereocenters. The number of nitrogens with zero attached hydrogens (tertiary/aromatic N) is 4. The Balaban J connectivity index is 1.28. The fraction of sp³-hybridized carbons (Fsp3) is 0.333. The zero-order chi connectivity index (χ0) is 22.6. The van der Waals surface area contributed by atoms with Crippen molar-refractivity contribution in [3.8, 4) is 17.1 Å². The number of anilines is 2. The number of benzene rings is 1. The zero-order valence-corrected chi connectivity index (χ0v) is 19.2. The Morgan fingerprint density at radius 3 is 2.94 bits per heavy atom. The summed E-state index contributed by atoms with van der Waals surface area (Å²) in [4.78, 5) is 17.9. The van der Waals surface area contributed by atoms with Crippen molar-refractivity contribution in [2.75, 3.05) is 17.7 Å². The van der Waals surface area contributed by atoms with Crippen LogP contribution in [0.1, 0.15) is 31.2 Å². The highest BCUT2D eigenvalue weighted by Gasteiger charge is 2.23. The molecule has 0 saturated heterocycles. The first kappa shape index (κ1) is 21.5. The van der Waals surface area contributed by atoms with Gasteiger partial charge in [0.05, 0.1) is 53.1 Å². The van der Waals surface area contributed by atoms with Gasteiger partial charge in [0.25, 0.3) is 0 Å². The van der Waals surface area contributed by atoms with Gasteiger partial charge in [-0.3, -0.25) is 4.98 Å². The summed E-state index contributed by atoms with van der Waals surface area (Å²) in [6.07, 6.45) is 8.88. The molecule has 3 aromatic heterocycles. The van der Waals surface area contributed by atoms with Crippen LogP contribution >= 0.6 is 11.3 Å². The lowest BCUT2D eigenvalue weighted by atomic mass is 9.93. The summed E-state index contributed by atoms with van der Waals surface area (Å²) in [5.41, 5.74) is 3.58. The topological polar surface area (TPSA) is 105 Å². The molecular formula is C24H26N6O2S. The predicted octanol–water partition coefficient (Wildman–Crippen LogP) is 4.48. The fourth-order valence-electron chi connectivity index (χ4n) is 4.10. The summed E-state index contributed by atoms with van der Waals surface area (Å²) in [5.74, 6) is 1.20. The van der Waals surface area contributed by atoms with Crippen molar-refractivity contribution >= 4 is 32.5 Å². The Bertz CT molecular complexity index is 1250. The van der Waals surface area contributed by atoms with Crippen LogP contribution in [0.25, 0.3) is 21.5 Å². The van der Waals surface area contributed by atoms with Crippen LogP contribution in [0.2, 0.25) is 0 Å². The zero-order valence-electron chi connectivity index (χ0n) is 18.4. The van der Waals surface area contributed by atoms with Crippen molar-refractivity contribution in [2.45, 2.75) is 44.4 Å². The number of hydrogen-bond acceptors (Lipinski definition) is 9. The Morgan fingerprint density at radius 1 is 1.15 bits per heavy atom. The minimum absolute atomic E-state index is 0.0877.